The average molecular weight is 281 g/mol. The summed E-state index contributed by atoms with van der Waals surface area (Å²) in [4.78, 5) is 18.3. The lowest BCUT2D eigenvalue weighted by Crippen LogP contribution is -1.93. The van der Waals surface area contributed by atoms with Gasteiger partial charge in [0.2, 0.25) is 0 Å². The Labute approximate surface area is 121 Å². The smallest absolute Gasteiger partial charge is 0.328 e. The summed E-state index contributed by atoms with van der Waals surface area (Å²) in [6.07, 6.45) is 5.68. The Balaban J connectivity index is 2.03. The molecule has 2 rings (SSSR count). The zero-order valence-corrected chi connectivity index (χ0v) is 10.9. The molecule has 1 aromatic heterocycles. The molecule has 0 aliphatic carbocycles. The van der Waals surface area contributed by atoms with Gasteiger partial charge in [0.15, 0.2) is 0 Å². The van der Waals surface area contributed by atoms with Gasteiger partial charge in [-0.25, -0.2) is 14.8 Å². The molecule has 0 saturated carbocycles. The third-order valence-electron chi connectivity index (χ3n) is 2.48. The van der Waals surface area contributed by atoms with E-state index >= 15 is 0 Å². The van der Waals surface area contributed by atoms with Crippen LogP contribution in [0.5, 0.6) is 11.8 Å². The zero-order chi connectivity index (χ0) is 15.1. The van der Waals surface area contributed by atoms with E-state index in [1.54, 1.807) is 24.3 Å². The van der Waals surface area contributed by atoms with Crippen LogP contribution in [0.2, 0.25) is 0 Å². The van der Waals surface area contributed by atoms with Gasteiger partial charge in [0.1, 0.15) is 5.75 Å². The molecule has 1 aromatic carbocycles. The molecule has 6 heteroatoms. The molecule has 1 N–H and O–H groups in total. The van der Waals surface area contributed by atoms with Crippen molar-refractivity contribution in [1.82, 2.24) is 9.97 Å². The number of benzene rings is 1. The summed E-state index contributed by atoms with van der Waals surface area (Å²) in [6, 6.07) is 9.28. The second-order valence-corrected chi connectivity index (χ2v) is 4.05. The number of hydrogen-bond donors (Lipinski definition) is 1. The average Bonchev–Trinajstić information content (AvgIpc) is 2.49. The summed E-state index contributed by atoms with van der Waals surface area (Å²) in [5, 5.41) is 17.1. The topological polar surface area (TPSA) is 96.1 Å². The van der Waals surface area contributed by atoms with Crippen molar-refractivity contribution in [3.05, 3.63) is 53.9 Å². The van der Waals surface area contributed by atoms with Gasteiger partial charge in [0.05, 0.1) is 12.5 Å². The van der Waals surface area contributed by atoms with Gasteiger partial charge in [-0.1, -0.05) is 12.1 Å². The number of carboxylic acid groups (broad SMARTS) is 1. The largest absolute Gasteiger partial charge is 0.478 e. The molecule has 0 radical (unpaired) electrons. The summed E-state index contributed by atoms with van der Waals surface area (Å²) >= 11 is 0. The van der Waals surface area contributed by atoms with Gasteiger partial charge >= 0.3 is 12.0 Å². The maximum Gasteiger partial charge on any atom is 0.328 e. The highest BCUT2D eigenvalue weighted by Crippen LogP contribution is 2.18. The van der Waals surface area contributed by atoms with Crippen molar-refractivity contribution in [1.29, 1.82) is 5.26 Å². The van der Waals surface area contributed by atoms with Crippen LogP contribution in [0.25, 0.3) is 6.08 Å². The van der Waals surface area contributed by atoms with Crippen LogP contribution in [0.3, 0.4) is 0 Å². The van der Waals surface area contributed by atoms with Gasteiger partial charge < -0.3 is 9.84 Å². The molecule has 0 atom stereocenters. The molecule has 6 nitrogen and oxygen atoms in total. The van der Waals surface area contributed by atoms with Gasteiger partial charge in [-0.05, 0) is 23.8 Å². The van der Waals surface area contributed by atoms with E-state index in [9.17, 15) is 4.79 Å². The van der Waals surface area contributed by atoms with Crippen molar-refractivity contribution >= 4 is 12.0 Å². The van der Waals surface area contributed by atoms with Crippen LogP contribution in [-0.4, -0.2) is 21.0 Å². The number of aliphatic carboxylic acids is 1. The highest BCUT2D eigenvalue weighted by Gasteiger charge is 2.01. The number of rotatable bonds is 5. The molecular formula is C15H11N3O3. The first-order valence-corrected chi connectivity index (χ1v) is 6.04. The van der Waals surface area contributed by atoms with Crippen molar-refractivity contribution in [3.8, 4) is 17.8 Å². The summed E-state index contributed by atoms with van der Waals surface area (Å²) in [5.74, 6) is -0.474. The van der Waals surface area contributed by atoms with Crippen LogP contribution in [-0.2, 0) is 11.2 Å². The van der Waals surface area contributed by atoms with E-state index < -0.39 is 5.97 Å². The molecule has 104 valence electrons. The monoisotopic (exact) mass is 281 g/mol. The molecule has 0 unspecified atom stereocenters. The van der Waals surface area contributed by atoms with E-state index in [1.807, 2.05) is 0 Å². The molecule has 0 amide bonds. The van der Waals surface area contributed by atoms with Crippen LogP contribution < -0.4 is 4.74 Å². The minimum absolute atomic E-state index is 0.163. The first-order chi connectivity index (χ1) is 10.2. The third kappa shape index (κ3) is 4.44. The number of nitrogens with zero attached hydrogens (tertiary/aromatic N) is 3. The maximum atomic E-state index is 10.4. The highest BCUT2D eigenvalue weighted by atomic mass is 16.5. The molecule has 0 saturated heterocycles. The molecule has 0 fully saturated rings. The highest BCUT2D eigenvalue weighted by molar-refractivity contribution is 5.85. The van der Waals surface area contributed by atoms with E-state index in [2.05, 4.69) is 16.0 Å². The molecule has 2 aromatic rings. The number of carbonyl (C=O) groups is 1. The first-order valence-electron chi connectivity index (χ1n) is 6.04. The van der Waals surface area contributed by atoms with Gasteiger partial charge in [0.25, 0.3) is 0 Å². The molecule has 0 spiro atoms. The molecule has 0 bridgehead atoms. The van der Waals surface area contributed by atoms with Gasteiger partial charge in [-0.3, -0.25) is 0 Å². The second kappa shape index (κ2) is 6.82. The quantitative estimate of drug-likeness (QED) is 0.845. The SMILES string of the molecule is N#CCc1ccc(Oc2ncc(/C=C/C(=O)O)cn2)cc1. The molecule has 0 aliphatic heterocycles. The summed E-state index contributed by atoms with van der Waals surface area (Å²) < 4.78 is 5.45. The third-order valence-corrected chi connectivity index (χ3v) is 2.48. The Bertz CT molecular complexity index is 686. The number of hydrogen-bond acceptors (Lipinski definition) is 5. The predicted octanol–water partition coefficient (Wildman–Crippen LogP) is 2.43. The summed E-state index contributed by atoms with van der Waals surface area (Å²) in [7, 11) is 0. The van der Waals surface area contributed by atoms with Crippen molar-refractivity contribution in [3.63, 3.8) is 0 Å². The van der Waals surface area contributed by atoms with E-state index in [1.165, 1.54) is 18.5 Å². The minimum atomic E-state index is -1.03. The fourth-order valence-electron chi connectivity index (χ4n) is 1.50. The predicted molar refractivity (Wildman–Crippen MR) is 74.5 cm³/mol. The van der Waals surface area contributed by atoms with Crippen LogP contribution in [0, 0.1) is 11.3 Å². The first kappa shape index (κ1) is 14.2. The van der Waals surface area contributed by atoms with Crippen molar-refractivity contribution in [2.45, 2.75) is 6.42 Å². The summed E-state index contributed by atoms with van der Waals surface area (Å²) in [5.41, 5.74) is 1.47. The Morgan fingerprint density at radius 3 is 2.52 bits per heavy atom. The molecular weight excluding hydrogens is 270 g/mol. The Hall–Kier alpha value is -3.20. The number of nitriles is 1. The molecule has 0 aliphatic rings. The van der Waals surface area contributed by atoms with E-state index in [4.69, 9.17) is 15.1 Å². The number of carboxylic acids is 1. The van der Waals surface area contributed by atoms with Gasteiger partial charge in [-0.15, -0.1) is 0 Å². The maximum absolute atomic E-state index is 10.4. The van der Waals surface area contributed by atoms with Crippen molar-refractivity contribution in [2.24, 2.45) is 0 Å². The Morgan fingerprint density at radius 2 is 1.95 bits per heavy atom. The van der Waals surface area contributed by atoms with Crippen LogP contribution in [0.4, 0.5) is 0 Å². The van der Waals surface area contributed by atoms with Crippen LogP contribution >= 0.6 is 0 Å². The lowest BCUT2D eigenvalue weighted by Gasteiger charge is -2.04. The lowest BCUT2D eigenvalue weighted by molar-refractivity contribution is -0.131. The summed E-state index contributed by atoms with van der Waals surface area (Å²) in [6.45, 7) is 0. The fraction of sp³-hybridized carbons (Fsp3) is 0.0667. The lowest BCUT2D eigenvalue weighted by atomic mass is 10.2. The van der Waals surface area contributed by atoms with Crippen LogP contribution in [0.15, 0.2) is 42.7 Å². The number of aromatic nitrogens is 2. The van der Waals surface area contributed by atoms with E-state index in [0.29, 0.717) is 17.7 Å². The van der Waals surface area contributed by atoms with E-state index in [-0.39, 0.29) is 6.01 Å². The van der Waals surface area contributed by atoms with Crippen molar-refractivity contribution < 1.29 is 14.6 Å². The molecule has 21 heavy (non-hydrogen) atoms. The molecule has 1 heterocycles. The fourth-order valence-corrected chi connectivity index (χ4v) is 1.50. The Kier molecular flexibility index (Phi) is 4.62. The minimum Gasteiger partial charge on any atom is -0.478 e. The van der Waals surface area contributed by atoms with Gasteiger partial charge in [0, 0.05) is 24.0 Å². The second-order valence-electron chi connectivity index (χ2n) is 4.05. The van der Waals surface area contributed by atoms with Crippen LogP contribution in [0.1, 0.15) is 11.1 Å². The van der Waals surface area contributed by atoms with E-state index in [0.717, 1.165) is 11.6 Å². The van der Waals surface area contributed by atoms with Crippen molar-refractivity contribution in [2.75, 3.05) is 0 Å². The standard InChI is InChI=1S/C15H11N3O3/c16-8-7-11-1-4-13(5-2-11)21-15-17-9-12(10-18-15)3-6-14(19)20/h1-6,9-10H,7H2,(H,19,20)/b6-3+. The Morgan fingerprint density at radius 1 is 1.29 bits per heavy atom. The number of ether oxygens (including phenoxy) is 1. The van der Waals surface area contributed by atoms with Gasteiger partial charge in [-0.2, -0.15) is 5.26 Å². The zero-order valence-electron chi connectivity index (χ0n) is 10.9. The normalized spacial score (nSPS) is 10.2.